The highest BCUT2D eigenvalue weighted by Gasteiger charge is 2.20. The van der Waals surface area contributed by atoms with Crippen LogP contribution in [0, 0.1) is 5.82 Å². The van der Waals surface area contributed by atoms with E-state index >= 15 is 0 Å². The minimum absolute atomic E-state index is 0. The van der Waals surface area contributed by atoms with E-state index < -0.39 is 5.82 Å². The Labute approximate surface area is 342 Å². The molecule has 16 nitrogen and oxygen atoms in total. The molecule has 303 valence electrons. The average Bonchev–Trinajstić information content (AvgIpc) is 4.10. The first-order valence-electron chi connectivity index (χ1n) is 19.7. The van der Waals surface area contributed by atoms with Gasteiger partial charge in [0.2, 0.25) is 5.43 Å². The van der Waals surface area contributed by atoms with Crippen LogP contribution in [-0.4, -0.2) is 136 Å². The van der Waals surface area contributed by atoms with Gasteiger partial charge in [-0.25, -0.2) is 14.4 Å². The highest BCUT2D eigenvalue weighted by Crippen LogP contribution is 2.31. The number of nitrogens with one attached hydrogen (secondary N) is 3. The lowest BCUT2D eigenvalue weighted by Crippen LogP contribution is -2.39. The molecule has 0 amide bonds. The number of aromatic amines is 2. The van der Waals surface area contributed by atoms with Crippen LogP contribution in [0.3, 0.4) is 0 Å². The van der Waals surface area contributed by atoms with Gasteiger partial charge < -0.3 is 20.5 Å². The Kier molecular flexibility index (Phi) is 10.7. The van der Waals surface area contributed by atoms with Crippen LogP contribution in [0.5, 0.6) is 0 Å². The van der Waals surface area contributed by atoms with E-state index in [9.17, 15) is 14.0 Å². The molecule has 60 heavy (non-hydrogen) atoms. The summed E-state index contributed by atoms with van der Waals surface area (Å²) in [6.07, 6.45) is 6.72. The van der Waals surface area contributed by atoms with Crippen LogP contribution in [0.25, 0.3) is 76.5 Å². The molecule has 8 heterocycles. The third-order valence-electron chi connectivity index (χ3n) is 11.4. The van der Waals surface area contributed by atoms with Crippen molar-refractivity contribution in [3.8, 4) is 0 Å². The lowest BCUT2D eigenvalue weighted by Gasteiger charge is -2.26. The number of pyridine rings is 2. The summed E-state index contributed by atoms with van der Waals surface area (Å²) in [6.45, 7) is 10.8. The zero-order valence-corrected chi connectivity index (χ0v) is 32.7. The van der Waals surface area contributed by atoms with E-state index in [2.05, 4.69) is 45.5 Å². The molecule has 2 saturated heterocycles. The van der Waals surface area contributed by atoms with Crippen molar-refractivity contribution < 1.29 is 13.9 Å². The number of anilines is 1. The first-order chi connectivity index (χ1) is 29.0. The number of rotatable bonds is 6. The number of nitrogens with zero attached hydrogens (tertiary/aromatic N) is 8. The van der Waals surface area contributed by atoms with Gasteiger partial charge in [-0.2, -0.15) is 10.2 Å². The fraction of sp³-hybridized carbons (Fsp3) is 0.286. The van der Waals surface area contributed by atoms with E-state index in [1.807, 2.05) is 40.8 Å². The Balaban J connectivity index is 0.000000130. The van der Waals surface area contributed by atoms with Crippen molar-refractivity contribution in [3.05, 3.63) is 99.8 Å². The average molecular weight is 808 g/mol. The first-order valence-corrected chi connectivity index (χ1v) is 19.7. The molecule has 2 fully saturated rings. The summed E-state index contributed by atoms with van der Waals surface area (Å²) in [7, 11) is 0. The van der Waals surface area contributed by atoms with Crippen molar-refractivity contribution in [3.63, 3.8) is 0 Å². The van der Waals surface area contributed by atoms with Gasteiger partial charge in [0.25, 0.3) is 0 Å². The molecule has 0 atom stereocenters. The molecule has 0 bridgehead atoms. The second-order valence-corrected chi connectivity index (χ2v) is 14.7. The molecule has 12 rings (SSSR count). The first kappa shape index (κ1) is 39.2. The van der Waals surface area contributed by atoms with Crippen LogP contribution in [0.1, 0.15) is 0 Å². The second-order valence-electron chi connectivity index (χ2n) is 14.7. The highest BCUT2D eigenvalue weighted by molar-refractivity contribution is 6.14. The molecule has 0 saturated carbocycles. The number of nitrogens with two attached hydrogens (primary N) is 1. The molecule has 4 aromatic carbocycles. The van der Waals surface area contributed by atoms with E-state index in [0.29, 0.717) is 38.1 Å². The maximum atomic E-state index is 14.2. The summed E-state index contributed by atoms with van der Waals surface area (Å²) in [4.78, 5) is 39.9. The van der Waals surface area contributed by atoms with Gasteiger partial charge in [-0.3, -0.25) is 38.4 Å². The molecular formula is C42H41BFN12O4. The lowest BCUT2D eigenvalue weighted by atomic mass is 10.0. The van der Waals surface area contributed by atoms with Crippen LogP contribution in [-0.2, 0) is 9.47 Å². The summed E-state index contributed by atoms with van der Waals surface area (Å²) in [6, 6.07) is 14.4. The molecular weight excluding hydrogens is 766 g/mol. The molecule has 6 aromatic heterocycles. The van der Waals surface area contributed by atoms with Crippen molar-refractivity contribution in [1.82, 2.24) is 49.0 Å². The predicted octanol–water partition coefficient (Wildman–Crippen LogP) is 3.41. The number of H-pyrrole nitrogens is 2. The Hall–Kier alpha value is -6.31. The van der Waals surface area contributed by atoms with E-state index in [0.717, 1.165) is 117 Å². The van der Waals surface area contributed by atoms with Gasteiger partial charge in [0, 0.05) is 77.2 Å². The normalized spacial score (nSPS) is 15.3. The van der Waals surface area contributed by atoms with Crippen LogP contribution < -0.4 is 21.9 Å². The Morgan fingerprint density at radius 1 is 0.667 bits per heavy atom. The van der Waals surface area contributed by atoms with Crippen molar-refractivity contribution in [2.75, 3.05) is 84.1 Å². The molecule has 2 aliphatic heterocycles. The van der Waals surface area contributed by atoms with Gasteiger partial charge in [0.05, 0.1) is 104 Å². The summed E-state index contributed by atoms with van der Waals surface area (Å²) < 4.78 is 28.5. The summed E-state index contributed by atoms with van der Waals surface area (Å²) in [5, 5.41) is 20.8. The van der Waals surface area contributed by atoms with Crippen molar-refractivity contribution in [1.29, 1.82) is 0 Å². The Morgan fingerprint density at radius 2 is 1.18 bits per heavy atom. The molecule has 18 heteroatoms. The maximum absolute atomic E-state index is 14.2. The number of halogens is 1. The molecule has 2 aliphatic rings. The largest absolute Gasteiger partial charge is 0.383 e. The third kappa shape index (κ3) is 6.71. The monoisotopic (exact) mass is 807 g/mol. The van der Waals surface area contributed by atoms with E-state index in [-0.39, 0.29) is 24.7 Å². The topological polar surface area (TPSA) is 189 Å². The molecule has 0 spiro atoms. The summed E-state index contributed by atoms with van der Waals surface area (Å²) in [5.41, 5.74) is 11.9. The fourth-order valence-electron chi connectivity index (χ4n) is 8.47. The van der Waals surface area contributed by atoms with Gasteiger partial charge in [-0.1, -0.05) is 0 Å². The molecule has 3 radical (unpaired) electrons. The Bertz CT molecular complexity index is 3230. The summed E-state index contributed by atoms with van der Waals surface area (Å²) in [5.74, 6) is -0.527. The maximum Gasteiger partial charge on any atom is 0.201 e. The van der Waals surface area contributed by atoms with Crippen LogP contribution in [0.2, 0.25) is 0 Å². The van der Waals surface area contributed by atoms with E-state index in [1.54, 1.807) is 35.5 Å². The predicted molar refractivity (Wildman–Crippen MR) is 232 cm³/mol. The standard InChI is InChI=1S/C21H20N6O2.C15H7FN4O.C6H14N2O.B/c28-21-18-13-11-24-25-14(13)3-4-17(18)27-12-23-16-2-1-15(19(21)20(16)27)22-5-6-26-7-9-29-10-8-26;16-8-1-2-10-14-13(8)15(21)12-7-5-18-19-9(7)3-4-11(12)20(14)6-17-10;7-1-2-8-3-5-9-6-4-8;/h1-4,11-12,22H,5-10H2,(H,24,25);1-6H,(H,18,19);1-7H2;. The van der Waals surface area contributed by atoms with Crippen LogP contribution in [0.4, 0.5) is 10.1 Å². The number of aromatic nitrogens is 8. The SMILES string of the molecule is NCCN1CCOCC1.O=c1c2c(F)ccc3ncn(c4ccc5[nH]ncc5c14)c32.O=c1c2c(NCCN3CCOCC3)ccc3ncn(c4ccc5[nH]ncc5c14)c32.[B]. The van der Waals surface area contributed by atoms with Crippen molar-refractivity contribution >= 4 is 90.6 Å². The number of hydrogen-bond donors (Lipinski definition) is 4. The van der Waals surface area contributed by atoms with Crippen LogP contribution >= 0.6 is 0 Å². The van der Waals surface area contributed by atoms with Gasteiger partial charge in [0.1, 0.15) is 18.5 Å². The van der Waals surface area contributed by atoms with Gasteiger partial charge in [-0.05, 0) is 48.5 Å². The number of imidazole rings is 2. The molecule has 0 aliphatic carbocycles. The second kappa shape index (κ2) is 16.4. The zero-order chi connectivity index (χ0) is 40.0. The smallest absolute Gasteiger partial charge is 0.201 e. The quantitative estimate of drug-likeness (QED) is 0.142. The summed E-state index contributed by atoms with van der Waals surface area (Å²) >= 11 is 0. The lowest BCUT2D eigenvalue weighted by molar-refractivity contribution is 0.0394. The molecule has 10 aromatic rings. The molecule has 0 unspecified atom stereocenters. The zero-order valence-electron chi connectivity index (χ0n) is 32.7. The Morgan fingerprint density at radius 3 is 1.75 bits per heavy atom. The minimum Gasteiger partial charge on any atom is -0.383 e. The van der Waals surface area contributed by atoms with Gasteiger partial charge in [0.15, 0.2) is 5.43 Å². The minimum atomic E-state index is -0.527. The van der Waals surface area contributed by atoms with E-state index in [4.69, 9.17) is 15.2 Å². The number of morpholine rings is 2. The van der Waals surface area contributed by atoms with Crippen molar-refractivity contribution in [2.24, 2.45) is 5.73 Å². The molecule has 5 N–H and O–H groups in total. The third-order valence-corrected chi connectivity index (χ3v) is 11.4. The fourth-order valence-corrected chi connectivity index (χ4v) is 8.47. The van der Waals surface area contributed by atoms with Gasteiger partial charge in [-0.15, -0.1) is 0 Å². The number of hydrogen-bond acceptors (Lipinski definition) is 12. The number of benzene rings is 4. The van der Waals surface area contributed by atoms with Gasteiger partial charge >= 0.3 is 0 Å². The highest BCUT2D eigenvalue weighted by atomic mass is 19.1. The number of fused-ring (bicyclic) bond motifs is 8. The van der Waals surface area contributed by atoms with E-state index in [1.165, 1.54) is 6.07 Å². The van der Waals surface area contributed by atoms with Crippen LogP contribution in [0.15, 0.2) is 83.2 Å². The van der Waals surface area contributed by atoms with Crippen molar-refractivity contribution in [2.45, 2.75) is 0 Å². The number of ether oxygens (including phenoxy) is 2.